The Kier molecular flexibility index (Phi) is 5.12. The van der Waals surface area contributed by atoms with E-state index in [4.69, 9.17) is 4.74 Å². The number of benzene rings is 3. The van der Waals surface area contributed by atoms with Gasteiger partial charge in [-0.2, -0.15) is 0 Å². The highest BCUT2D eigenvalue weighted by Crippen LogP contribution is 2.44. The summed E-state index contributed by atoms with van der Waals surface area (Å²) in [6, 6.07) is 20.7. The Labute approximate surface area is 168 Å². The lowest BCUT2D eigenvalue weighted by atomic mass is 9.95. The highest BCUT2D eigenvalue weighted by molar-refractivity contribution is 5.97. The second kappa shape index (κ2) is 7.87. The Morgan fingerprint density at radius 1 is 0.931 bits per heavy atom. The average Bonchev–Trinajstić information content (AvgIpc) is 3.09. The van der Waals surface area contributed by atoms with Gasteiger partial charge in [0.15, 0.2) is 0 Å². The standard InChI is InChI=1S/C24H20FNO3/c1-29-24(28)21(14-15-8-2-7-13-20(15)25)26-23(27)22-18-11-5-3-9-16(18)17-10-4-6-12-19(17)22/h2-13,21-22H,14H2,1H3,(H,26,27)/t21-/m1/s1. The fourth-order valence-corrected chi connectivity index (χ4v) is 3.91. The first-order valence-corrected chi connectivity index (χ1v) is 9.40. The van der Waals surface area contributed by atoms with E-state index in [1.165, 1.54) is 13.2 Å². The number of fused-ring (bicyclic) bond motifs is 3. The second-order valence-electron chi connectivity index (χ2n) is 6.99. The molecule has 1 aliphatic rings. The van der Waals surface area contributed by atoms with Gasteiger partial charge in [-0.1, -0.05) is 66.7 Å². The summed E-state index contributed by atoms with van der Waals surface area (Å²) in [6.07, 6.45) is 0.0150. The van der Waals surface area contributed by atoms with Crippen molar-refractivity contribution in [1.82, 2.24) is 5.32 Å². The van der Waals surface area contributed by atoms with E-state index in [-0.39, 0.29) is 12.3 Å². The summed E-state index contributed by atoms with van der Waals surface area (Å²) >= 11 is 0. The zero-order valence-corrected chi connectivity index (χ0v) is 15.9. The highest BCUT2D eigenvalue weighted by atomic mass is 19.1. The number of rotatable bonds is 5. The molecule has 1 aliphatic carbocycles. The molecule has 0 unspecified atom stereocenters. The molecule has 4 rings (SSSR count). The third-order valence-electron chi connectivity index (χ3n) is 5.28. The van der Waals surface area contributed by atoms with E-state index in [9.17, 15) is 14.0 Å². The fraction of sp³-hybridized carbons (Fsp3) is 0.167. The van der Waals surface area contributed by atoms with Gasteiger partial charge in [-0.25, -0.2) is 9.18 Å². The van der Waals surface area contributed by atoms with Crippen LogP contribution in [0.3, 0.4) is 0 Å². The molecule has 1 N–H and O–H groups in total. The molecule has 146 valence electrons. The van der Waals surface area contributed by atoms with Crippen LogP contribution in [0.25, 0.3) is 11.1 Å². The minimum absolute atomic E-state index is 0.0150. The molecule has 3 aromatic carbocycles. The van der Waals surface area contributed by atoms with Gasteiger partial charge in [-0.15, -0.1) is 0 Å². The lowest BCUT2D eigenvalue weighted by Gasteiger charge is -2.20. The van der Waals surface area contributed by atoms with Gasteiger partial charge in [0.2, 0.25) is 5.91 Å². The number of halogens is 1. The van der Waals surface area contributed by atoms with Crippen molar-refractivity contribution in [2.45, 2.75) is 18.4 Å². The zero-order chi connectivity index (χ0) is 20.4. The maximum Gasteiger partial charge on any atom is 0.328 e. The number of ether oxygens (including phenoxy) is 1. The summed E-state index contributed by atoms with van der Waals surface area (Å²) < 4.78 is 18.9. The van der Waals surface area contributed by atoms with E-state index in [0.717, 1.165) is 22.3 Å². The lowest BCUT2D eigenvalue weighted by molar-refractivity contribution is -0.145. The van der Waals surface area contributed by atoms with E-state index in [1.54, 1.807) is 18.2 Å². The molecule has 1 amide bonds. The van der Waals surface area contributed by atoms with Crippen molar-refractivity contribution in [3.05, 3.63) is 95.3 Å². The molecule has 0 radical (unpaired) electrons. The quantitative estimate of drug-likeness (QED) is 0.675. The molecule has 0 saturated heterocycles. The van der Waals surface area contributed by atoms with E-state index in [1.807, 2.05) is 48.5 Å². The Morgan fingerprint density at radius 3 is 2.07 bits per heavy atom. The predicted octanol–water partition coefficient (Wildman–Crippen LogP) is 3.84. The van der Waals surface area contributed by atoms with E-state index >= 15 is 0 Å². The van der Waals surface area contributed by atoms with E-state index in [0.29, 0.717) is 5.56 Å². The highest BCUT2D eigenvalue weighted by Gasteiger charge is 2.35. The van der Waals surface area contributed by atoms with Crippen molar-refractivity contribution < 1.29 is 18.7 Å². The first-order chi connectivity index (χ1) is 14.1. The normalized spacial score (nSPS) is 13.3. The maximum absolute atomic E-state index is 14.1. The third-order valence-corrected chi connectivity index (χ3v) is 5.28. The minimum atomic E-state index is -0.982. The zero-order valence-electron chi connectivity index (χ0n) is 15.9. The van der Waals surface area contributed by atoms with Crippen LogP contribution in [0, 0.1) is 5.82 Å². The molecule has 3 aromatic rings. The molecule has 4 nitrogen and oxygen atoms in total. The number of hydrogen-bond acceptors (Lipinski definition) is 3. The van der Waals surface area contributed by atoms with Gasteiger partial charge in [-0.05, 0) is 33.9 Å². The van der Waals surface area contributed by atoms with Gasteiger partial charge in [0, 0.05) is 6.42 Å². The smallest absolute Gasteiger partial charge is 0.328 e. The monoisotopic (exact) mass is 389 g/mol. The number of carbonyl (C=O) groups excluding carboxylic acids is 2. The molecule has 0 fully saturated rings. The number of amides is 1. The molecular formula is C24H20FNO3. The molecule has 0 aromatic heterocycles. The van der Waals surface area contributed by atoms with Gasteiger partial charge in [-0.3, -0.25) is 4.79 Å². The maximum atomic E-state index is 14.1. The molecule has 0 saturated carbocycles. The lowest BCUT2D eigenvalue weighted by Crippen LogP contribution is -2.45. The molecule has 5 heteroatoms. The summed E-state index contributed by atoms with van der Waals surface area (Å²) in [6.45, 7) is 0. The summed E-state index contributed by atoms with van der Waals surface area (Å²) in [5.74, 6) is -1.88. The van der Waals surface area contributed by atoms with Crippen molar-refractivity contribution >= 4 is 11.9 Å². The molecule has 0 heterocycles. The topological polar surface area (TPSA) is 55.4 Å². The van der Waals surface area contributed by atoms with Crippen LogP contribution in [-0.4, -0.2) is 25.0 Å². The van der Waals surface area contributed by atoms with Crippen molar-refractivity contribution in [2.24, 2.45) is 0 Å². The summed E-state index contributed by atoms with van der Waals surface area (Å²) in [4.78, 5) is 25.6. The third kappa shape index (κ3) is 3.51. The first-order valence-electron chi connectivity index (χ1n) is 9.40. The Morgan fingerprint density at radius 2 is 1.48 bits per heavy atom. The molecule has 0 aliphatic heterocycles. The molecule has 0 spiro atoms. The van der Waals surface area contributed by atoms with Crippen LogP contribution >= 0.6 is 0 Å². The number of hydrogen-bond donors (Lipinski definition) is 1. The molecule has 1 atom stereocenters. The van der Waals surface area contributed by atoms with E-state index < -0.39 is 23.7 Å². The number of methoxy groups -OCH3 is 1. The van der Waals surface area contributed by atoms with Crippen LogP contribution in [0.2, 0.25) is 0 Å². The summed E-state index contributed by atoms with van der Waals surface area (Å²) in [5.41, 5.74) is 4.13. The number of nitrogens with one attached hydrogen (secondary N) is 1. The SMILES string of the molecule is COC(=O)[C@@H](Cc1ccccc1F)NC(=O)C1c2ccccc2-c2ccccc21. The summed E-state index contributed by atoms with van der Waals surface area (Å²) in [5, 5.41) is 2.79. The van der Waals surface area contributed by atoms with Gasteiger partial charge in [0.05, 0.1) is 13.0 Å². The van der Waals surface area contributed by atoms with Crippen molar-refractivity contribution in [3.63, 3.8) is 0 Å². The average molecular weight is 389 g/mol. The minimum Gasteiger partial charge on any atom is -0.467 e. The predicted molar refractivity (Wildman–Crippen MR) is 108 cm³/mol. The summed E-state index contributed by atoms with van der Waals surface area (Å²) in [7, 11) is 1.25. The molecular weight excluding hydrogens is 369 g/mol. The van der Waals surface area contributed by atoms with Gasteiger partial charge >= 0.3 is 5.97 Å². The van der Waals surface area contributed by atoms with Crippen LogP contribution in [-0.2, 0) is 20.7 Å². The van der Waals surface area contributed by atoms with Crippen LogP contribution in [0.1, 0.15) is 22.6 Å². The Bertz CT molecular complexity index is 1030. The van der Waals surface area contributed by atoms with E-state index in [2.05, 4.69) is 5.32 Å². The molecule has 0 bridgehead atoms. The first kappa shape index (κ1) is 18.9. The van der Waals surface area contributed by atoms with Crippen molar-refractivity contribution in [2.75, 3.05) is 7.11 Å². The van der Waals surface area contributed by atoms with Gasteiger partial charge in [0.1, 0.15) is 11.9 Å². The largest absolute Gasteiger partial charge is 0.467 e. The Hall–Kier alpha value is -3.47. The number of carbonyl (C=O) groups is 2. The fourth-order valence-electron chi connectivity index (χ4n) is 3.91. The van der Waals surface area contributed by atoms with Gasteiger partial charge < -0.3 is 10.1 Å². The Balaban J connectivity index is 1.64. The van der Waals surface area contributed by atoms with Crippen LogP contribution in [0.5, 0.6) is 0 Å². The van der Waals surface area contributed by atoms with Crippen molar-refractivity contribution in [1.29, 1.82) is 0 Å². The second-order valence-corrected chi connectivity index (χ2v) is 6.99. The van der Waals surface area contributed by atoms with Crippen molar-refractivity contribution in [3.8, 4) is 11.1 Å². The number of esters is 1. The van der Waals surface area contributed by atoms with Crippen LogP contribution in [0.4, 0.5) is 4.39 Å². The van der Waals surface area contributed by atoms with Crippen LogP contribution in [0.15, 0.2) is 72.8 Å². The van der Waals surface area contributed by atoms with Gasteiger partial charge in [0.25, 0.3) is 0 Å². The van der Waals surface area contributed by atoms with Crippen LogP contribution < -0.4 is 5.32 Å². The molecule has 29 heavy (non-hydrogen) atoms.